The number of piperazine rings is 1. The highest BCUT2D eigenvalue weighted by molar-refractivity contribution is 5.98. The maximum Gasteiger partial charge on any atom is 0.248 e. The lowest BCUT2D eigenvalue weighted by Gasteiger charge is -2.37. The molecule has 0 unspecified atom stereocenters. The van der Waals surface area contributed by atoms with Crippen molar-refractivity contribution in [2.75, 3.05) is 83.7 Å². The van der Waals surface area contributed by atoms with Crippen LogP contribution in [0.25, 0.3) is 11.0 Å². The van der Waals surface area contributed by atoms with E-state index < -0.39 is 5.91 Å². The number of amidine groups is 1. The zero-order valence-electron chi connectivity index (χ0n) is 33.2. The second-order valence-electron chi connectivity index (χ2n) is 14.0. The number of hydrogen-bond acceptors (Lipinski definition) is 12. The number of allylic oxidation sites excluding steroid dienone is 3. The summed E-state index contributed by atoms with van der Waals surface area (Å²) >= 11 is 0. The number of hydrogen-bond donors (Lipinski definition) is 6. The van der Waals surface area contributed by atoms with E-state index in [0.717, 1.165) is 99.7 Å². The van der Waals surface area contributed by atoms with E-state index in [4.69, 9.17) is 20.9 Å². The van der Waals surface area contributed by atoms with Crippen molar-refractivity contribution in [2.45, 2.75) is 46.1 Å². The second kappa shape index (κ2) is 20.9. The fourth-order valence-electron chi connectivity index (χ4n) is 7.22. The molecule has 56 heavy (non-hydrogen) atoms. The maximum atomic E-state index is 12.1. The number of likely N-dealkylation sites (tertiary alicyclic amines) is 1. The summed E-state index contributed by atoms with van der Waals surface area (Å²) in [6.07, 6.45) is 13.8. The number of carbonyl (C=O) groups is 2. The Bertz CT molecular complexity index is 1940. The average Bonchev–Trinajstić information content (AvgIpc) is 3.58. The molecule has 0 radical (unpaired) electrons. The van der Waals surface area contributed by atoms with Gasteiger partial charge >= 0.3 is 0 Å². The number of benzene rings is 2. The second-order valence-corrected chi connectivity index (χ2v) is 14.0. The Morgan fingerprint density at radius 1 is 1.12 bits per heavy atom. The SMILES string of the molecule is CCc1cc(C(N)=O)cc(N=C/C=C/C(C)=N\NC)c1NC/C=C/Cn1c(NC)nc2cc(C=O)cc(OCCCN3CCC(C(=N)N4CCNCC4)CC3)c21. The first-order valence-electron chi connectivity index (χ1n) is 19.6. The van der Waals surface area contributed by atoms with Gasteiger partial charge < -0.3 is 46.2 Å². The van der Waals surface area contributed by atoms with Crippen LogP contribution in [-0.2, 0) is 13.0 Å². The molecule has 15 nitrogen and oxygen atoms in total. The van der Waals surface area contributed by atoms with E-state index >= 15 is 0 Å². The Balaban J connectivity index is 1.22. The summed E-state index contributed by atoms with van der Waals surface area (Å²) in [7, 11) is 3.57. The summed E-state index contributed by atoms with van der Waals surface area (Å²) in [5, 5.41) is 22.9. The predicted octanol–water partition coefficient (Wildman–Crippen LogP) is 4.44. The van der Waals surface area contributed by atoms with E-state index in [1.807, 2.05) is 39.1 Å². The van der Waals surface area contributed by atoms with Crippen molar-refractivity contribution in [3.05, 3.63) is 65.3 Å². The largest absolute Gasteiger partial charge is 0.491 e. The van der Waals surface area contributed by atoms with Crippen LogP contribution >= 0.6 is 0 Å². The summed E-state index contributed by atoms with van der Waals surface area (Å²) in [5.74, 6) is 1.93. The molecular formula is C41H58N12O3. The Labute approximate surface area is 330 Å². The number of aromatic nitrogens is 2. The molecule has 15 heteroatoms. The first-order valence-corrected chi connectivity index (χ1v) is 19.6. The first kappa shape index (κ1) is 41.6. The van der Waals surface area contributed by atoms with Crippen molar-refractivity contribution in [2.24, 2.45) is 21.7 Å². The predicted molar refractivity (Wildman–Crippen MR) is 228 cm³/mol. The van der Waals surface area contributed by atoms with Crippen molar-refractivity contribution in [3.8, 4) is 5.75 Å². The van der Waals surface area contributed by atoms with E-state index in [1.54, 1.807) is 37.5 Å². The summed E-state index contributed by atoms with van der Waals surface area (Å²) in [4.78, 5) is 38.1. The van der Waals surface area contributed by atoms with Gasteiger partial charge in [0.25, 0.3) is 0 Å². The van der Waals surface area contributed by atoms with Crippen LogP contribution in [0.2, 0.25) is 0 Å². The monoisotopic (exact) mass is 766 g/mol. The van der Waals surface area contributed by atoms with Crippen LogP contribution in [0.15, 0.2) is 58.7 Å². The lowest BCUT2D eigenvalue weighted by Crippen LogP contribution is -2.50. The number of ether oxygens (including phenoxy) is 1. The Morgan fingerprint density at radius 3 is 2.61 bits per heavy atom. The van der Waals surface area contributed by atoms with E-state index in [0.29, 0.717) is 66.1 Å². The highest BCUT2D eigenvalue weighted by Crippen LogP contribution is 2.32. The molecule has 2 saturated heterocycles. The Kier molecular flexibility index (Phi) is 15.6. The number of rotatable bonds is 19. The van der Waals surface area contributed by atoms with Gasteiger partial charge in [0, 0.05) is 83.2 Å². The highest BCUT2D eigenvalue weighted by Gasteiger charge is 2.26. The molecule has 2 aliphatic rings. The minimum atomic E-state index is -0.508. The van der Waals surface area contributed by atoms with Crippen molar-refractivity contribution in [1.29, 1.82) is 5.41 Å². The van der Waals surface area contributed by atoms with Gasteiger partial charge in [-0.15, -0.1) is 0 Å². The molecule has 1 amide bonds. The topological polar surface area (TPSA) is 190 Å². The number of nitrogens with zero attached hydrogens (tertiary/aromatic N) is 6. The van der Waals surface area contributed by atoms with Gasteiger partial charge in [0.15, 0.2) is 0 Å². The number of piperidine rings is 1. The molecule has 0 bridgehead atoms. The molecule has 2 aliphatic heterocycles. The van der Waals surface area contributed by atoms with Crippen LogP contribution in [0, 0.1) is 11.3 Å². The van der Waals surface area contributed by atoms with E-state index in [2.05, 4.69) is 51.9 Å². The van der Waals surface area contributed by atoms with Crippen LogP contribution < -0.4 is 31.8 Å². The standard InChI is InChI=1S/C41H58N12O3/c1-5-31-26-33(40(43)55)27-34(47-14-8-10-29(2)50-45-4)37(31)48-13-6-7-18-53-38-35(49-41(53)44-3)24-30(28-54)25-36(38)56-23-9-17-51-19-11-32(12-20-51)39(42)52-21-15-46-16-22-52/h6-8,10,14,24-28,32,42,45-46,48H,5,9,11-13,15-23H2,1-4H3,(H2,43,55)(H,44,49)/b7-6+,10-8+,42-39?,47-14?,50-29-. The molecule has 7 N–H and O–H groups in total. The number of aryl methyl sites for hydroxylation is 1. The van der Waals surface area contributed by atoms with Crippen LogP contribution in [-0.4, -0.2) is 122 Å². The quantitative estimate of drug-likeness (QED) is 0.0254. The van der Waals surface area contributed by atoms with Gasteiger partial charge in [-0.2, -0.15) is 5.10 Å². The zero-order valence-corrected chi connectivity index (χ0v) is 33.2. The molecule has 3 heterocycles. The number of nitrogens with two attached hydrogens (primary N) is 1. The van der Waals surface area contributed by atoms with Gasteiger partial charge in [-0.05, 0) is 87.7 Å². The number of carbonyl (C=O) groups excluding carboxylic acids is 2. The van der Waals surface area contributed by atoms with Gasteiger partial charge in [0.2, 0.25) is 11.9 Å². The van der Waals surface area contributed by atoms with Crippen molar-refractivity contribution in [3.63, 3.8) is 0 Å². The Morgan fingerprint density at radius 2 is 1.91 bits per heavy atom. The summed E-state index contributed by atoms with van der Waals surface area (Å²) in [6.45, 7) is 12.1. The number of aldehydes is 1. The smallest absolute Gasteiger partial charge is 0.248 e. The van der Waals surface area contributed by atoms with Crippen molar-refractivity contribution >= 4 is 58.3 Å². The number of imidazole rings is 1. The fourth-order valence-corrected chi connectivity index (χ4v) is 7.22. The van der Waals surface area contributed by atoms with Crippen LogP contribution in [0.3, 0.4) is 0 Å². The number of amides is 1. The molecule has 5 rings (SSSR count). The number of anilines is 2. The summed E-state index contributed by atoms with van der Waals surface area (Å²) < 4.78 is 8.44. The third-order valence-electron chi connectivity index (χ3n) is 10.1. The number of fused-ring (bicyclic) bond motifs is 1. The summed E-state index contributed by atoms with van der Waals surface area (Å²) in [6, 6.07) is 7.08. The van der Waals surface area contributed by atoms with Crippen LogP contribution in [0.5, 0.6) is 5.75 Å². The number of nitrogens with one attached hydrogen (secondary N) is 5. The van der Waals surface area contributed by atoms with E-state index in [9.17, 15) is 9.59 Å². The third-order valence-corrected chi connectivity index (χ3v) is 10.1. The lowest BCUT2D eigenvalue weighted by molar-refractivity contribution is 0.0999. The van der Waals surface area contributed by atoms with Gasteiger partial charge in [-0.25, -0.2) is 4.98 Å². The van der Waals surface area contributed by atoms with E-state index in [-0.39, 0.29) is 0 Å². The molecule has 0 aliphatic carbocycles. The summed E-state index contributed by atoms with van der Waals surface area (Å²) in [5.41, 5.74) is 14.0. The molecule has 2 fully saturated rings. The maximum absolute atomic E-state index is 12.1. The van der Waals surface area contributed by atoms with Crippen LogP contribution in [0.4, 0.5) is 17.3 Å². The minimum Gasteiger partial charge on any atom is -0.491 e. The third kappa shape index (κ3) is 11.0. The van der Waals surface area contributed by atoms with Gasteiger partial charge in [-0.1, -0.05) is 19.1 Å². The highest BCUT2D eigenvalue weighted by atomic mass is 16.5. The van der Waals surface area contributed by atoms with Crippen molar-refractivity contribution in [1.82, 2.24) is 30.1 Å². The molecule has 0 atom stereocenters. The molecule has 300 valence electrons. The molecular weight excluding hydrogens is 709 g/mol. The fraction of sp³-hybridized carbons (Fsp3) is 0.463. The minimum absolute atomic E-state index is 0.341. The van der Waals surface area contributed by atoms with Gasteiger partial charge in [0.1, 0.15) is 17.6 Å². The Hall–Kier alpha value is -5.54. The zero-order chi connectivity index (χ0) is 39.9. The molecule has 2 aromatic carbocycles. The molecule has 3 aromatic rings. The van der Waals surface area contributed by atoms with Crippen molar-refractivity contribution < 1.29 is 14.3 Å². The number of hydrazone groups is 1. The average molecular weight is 767 g/mol. The molecule has 1 aromatic heterocycles. The van der Waals surface area contributed by atoms with Gasteiger partial charge in [-0.3, -0.25) is 20.0 Å². The normalized spacial score (nSPS) is 16.0. The van der Waals surface area contributed by atoms with Gasteiger partial charge in [0.05, 0.1) is 35.0 Å². The van der Waals surface area contributed by atoms with E-state index in [1.165, 1.54) is 0 Å². The first-order chi connectivity index (χ1) is 27.3. The lowest BCUT2D eigenvalue weighted by atomic mass is 9.94. The number of primary amides is 1. The molecule has 0 saturated carbocycles. The number of aliphatic imine (C=N–C) groups is 1. The molecule has 0 spiro atoms. The van der Waals surface area contributed by atoms with Crippen LogP contribution in [0.1, 0.15) is 59.4 Å².